The fourth-order valence-electron chi connectivity index (χ4n) is 3.58. The second kappa shape index (κ2) is 5.74. The molecule has 2 fully saturated rings. The molecule has 3 rings (SSSR count). The van der Waals surface area contributed by atoms with Crippen molar-refractivity contribution >= 4 is 23.6 Å². The molecule has 108 valence electrons. The molecule has 2 aliphatic rings. The molecule has 2 unspecified atom stereocenters. The number of halogens is 1. The van der Waals surface area contributed by atoms with Gasteiger partial charge in [0.15, 0.2) is 6.29 Å². The number of anilines is 1. The van der Waals surface area contributed by atoms with E-state index < -0.39 is 0 Å². The Balaban J connectivity index is 1.90. The largest absolute Gasteiger partial charge is 0.365 e. The molecule has 0 aromatic heterocycles. The van der Waals surface area contributed by atoms with Gasteiger partial charge in [0.05, 0.1) is 10.6 Å². The van der Waals surface area contributed by atoms with Gasteiger partial charge >= 0.3 is 0 Å². The SMILES string of the molecule is CC1CN2CCCCC2CN1c1cccc(Cl)c1C=O. The summed E-state index contributed by atoms with van der Waals surface area (Å²) in [6.07, 6.45) is 4.79. The lowest BCUT2D eigenvalue weighted by atomic mass is 9.96. The Hall–Kier alpha value is -1.06. The molecule has 0 saturated carbocycles. The zero-order chi connectivity index (χ0) is 14.1. The van der Waals surface area contributed by atoms with Crippen molar-refractivity contribution in [1.82, 2.24) is 4.90 Å². The molecule has 2 atom stereocenters. The quantitative estimate of drug-likeness (QED) is 0.782. The standard InChI is InChI=1S/C16H21ClN2O/c1-12-9-18-8-3-2-5-13(18)10-19(12)16-7-4-6-15(17)14(16)11-20/h4,6-7,11-13H,2-3,5,8-10H2,1H3. The Morgan fingerprint density at radius 3 is 2.95 bits per heavy atom. The number of rotatable bonds is 2. The molecule has 0 N–H and O–H groups in total. The average Bonchev–Trinajstić information content (AvgIpc) is 2.46. The van der Waals surface area contributed by atoms with E-state index in [-0.39, 0.29) is 0 Å². The fourth-order valence-corrected chi connectivity index (χ4v) is 3.79. The third kappa shape index (κ3) is 2.45. The average molecular weight is 293 g/mol. The van der Waals surface area contributed by atoms with Crippen LogP contribution >= 0.6 is 11.6 Å². The minimum absolute atomic E-state index is 0.418. The number of hydrogen-bond acceptors (Lipinski definition) is 3. The fraction of sp³-hybridized carbons (Fsp3) is 0.562. The van der Waals surface area contributed by atoms with Crippen LogP contribution in [0, 0.1) is 0 Å². The number of piperidine rings is 1. The predicted octanol–water partition coefficient (Wildman–Crippen LogP) is 3.22. The van der Waals surface area contributed by atoms with Crippen LogP contribution in [-0.4, -0.2) is 42.9 Å². The van der Waals surface area contributed by atoms with Crippen LogP contribution in [0.3, 0.4) is 0 Å². The molecule has 2 aliphatic heterocycles. The van der Waals surface area contributed by atoms with Crippen molar-refractivity contribution in [1.29, 1.82) is 0 Å². The molecule has 0 radical (unpaired) electrons. The zero-order valence-electron chi connectivity index (χ0n) is 11.9. The lowest BCUT2D eigenvalue weighted by Crippen LogP contribution is -2.59. The van der Waals surface area contributed by atoms with Crippen LogP contribution < -0.4 is 4.90 Å². The smallest absolute Gasteiger partial charge is 0.153 e. The normalized spacial score (nSPS) is 27.2. The highest BCUT2D eigenvalue weighted by molar-refractivity contribution is 6.33. The lowest BCUT2D eigenvalue weighted by Gasteiger charge is -2.48. The second-order valence-electron chi connectivity index (χ2n) is 5.94. The number of fused-ring (bicyclic) bond motifs is 1. The van der Waals surface area contributed by atoms with Crippen LogP contribution in [0.2, 0.25) is 5.02 Å². The summed E-state index contributed by atoms with van der Waals surface area (Å²) in [6, 6.07) is 6.78. The first-order valence-electron chi connectivity index (χ1n) is 7.45. The van der Waals surface area contributed by atoms with Crippen molar-refractivity contribution in [2.45, 2.75) is 38.3 Å². The van der Waals surface area contributed by atoms with E-state index in [2.05, 4.69) is 16.7 Å². The van der Waals surface area contributed by atoms with E-state index in [1.165, 1.54) is 25.8 Å². The third-order valence-electron chi connectivity index (χ3n) is 4.64. The van der Waals surface area contributed by atoms with Gasteiger partial charge in [0.2, 0.25) is 0 Å². The number of nitrogens with zero attached hydrogens (tertiary/aromatic N) is 2. The first kappa shape index (κ1) is 13.9. The van der Waals surface area contributed by atoms with Gasteiger partial charge in [-0.2, -0.15) is 0 Å². The van der Waals surface area contributed by atoms with E-state index in [1.807, 2.05) is 12.1 Å². The summed E-state index contributed by atoms with van der Waals surface area (Å²) >= 11 is 6.17. The van der Waals surface area contributed by atoms with E-state index in [9.17, 15) is 4.79 Å². The van der Waals surface area contributed by atoms with Gasteiger partial charge in [-0.15, -0.1) is 0 Å². The van der Waals surface area contributed by atoms with Crippen LogP contribution in [0.25, 0.3) is 0 Å². The summed E-state index contributed by atoms with van der Waals surface area (Å²) in [5.41, 5.74) is 1.62. The molecule has 2 heterocycles. The van der Waals surface area contributed by atoms with Crippen LogP contribution in [0.1, 0.15) is 36.5 Å². The van der Waals surface area contributed by atoms with E-state index in [0.29, 0.717) is 22.7 Å². The Bertz CT molecular complexity index is 505. The molecule has 4 heteroatoms. The molecule has 0 bridgehead atoms. The van der Waals surface area contributed by atoms with Gasteiger partial charge in [-0.3, -0.25) is 9.69 Å². The summed E-state index contributed by atoms with van der Waals surface area (Å²) in [7, 11) is 0. The number of benzene rings is 1. The maximum atomic E-state index is 11.4. The molecule has 0 amide bonds. The molecular weight excluding hydrogens is 272 g/mol. The van der Waals surface area contributed by atoms with Gasteiger partial charge in [-0.25, -0.2) is 0 Å². The number of hydrogen-bond donors (Lipinski definition) is 0. The molecule has 0 spiro atoms. The number of piperazine rings is 1. The first-order valence-corrected chi connectivity index (χ1v) is 7.83. The summed E-state index contributed by atoms with van der Waals surface area (Å²) in [4.78, 5) is 16.3. The van der Waals surface area contributed by atoms with Crippen molar-refractivity contribution in [2.24, 2.45) is 0 Å². The predicted molar refractivity (Wildman–Crippen MR) is 82.9 cm³/mol. The van der Waals surface area contributed by atoms with E-state index in [0.717, 1.165) is 25.1 Å². The van der Waals surface area contributed by atoms with Crippen LogP contribution in [0.4, 0.5) is 5.69 Å². The number of aldehydes is 1. The monoisotopic (exact) mass is 292 g/mol. The van der Waals surface area contributed by atoms with Crippen LogP contribution in [0.5, 0.6) is 0 Å². The molecule has 20 heavy (non-hydrogen) atoms. The third-order valence-corrected chi connectivity index (χ3v) is 4.97. The minimum atomic E-state index is 0.418. The molecular formula is C16H21ClN2O. The Morgan fingerprint density at radius 1 is 1.30 bits per heavy atom. The number of carbonyl (C=O) groups excluding carboxylic acids is 1. The van der Waals surface area contributed by atoms with Gasteiger partial charge in [-0.1, -0.05) is 24.1 Å². The van der Waals surface area contributed by atoms with Gasteiger partial charge in [0.1, 0.15) is 0 Å². The van der Waals surface area contributed by atoms with Crippen molar-refractivity contribution in [3.63, 3.8) is 0 Å². The molecule has 0 aliphatic carbocycles. The molecule has 1 aromatic carbocycles. The molecule has 3 nitrogen and oxygen atoms in total. The van der Waals surface area contributed by atoms with Gasteiger partial charge in [0.25, 0.3) is 0 Å². The van der Waals surface area contributed by atoms with E-state index >= 15 is 0 Å². The highest BCUT2D eigenvalue weighted by Crippen LogP contribution is 2.32. The maximum Gasteiger partial charge on any atom is 0.153 e. The Morgan fingerprint density at radius 2 is 2.15 bits per heavy atom. The van der Waals surface area contributed by atoms with Crippen molar-refractivity contribution in [3.05, 3.63) is 28.8 Å². The van der Waals surface area contributed by atoms with Crippen molar-refractivity contribution in [3.8, 4) is 0 Å². The first-order chi connectivity index (χ1) is 9.70. The molecule has 2 saturated heterocycles. The topological polar surface area (TPSA) is 23.6 Å². The van der Waals surface area contributed by atoms with E-state index in [1.54, 1.807) is 6.07 Å². The highest BCUT2D eigenvalue weighted by Gasteiger charge is 2.33. The van der Waals surface area contributed by atoms with Crippen molar-refractivity contribution < 1.29 is 4.79 Å². The van der Waals surface area contributed by atoms with Gasteiger partial charge < -0.3 is 4.90 Å². The second-order valence-corrected chi connectivity index (χ2v) is 6.34. The highest BCUT2D eigenvalue weighted by atomic mass is 35.5. The van der Waals surface area contributed by atoms with Gasteiger partial charge in [-0.05, 0) is 38.4 Å². The molecule has 1 aromatic rings. The van der Waals surface area contributed by atoms with Crippen LogP contribution in [-0.2, 0) is 0 Å². The van der Waals surface area contributed by atoms with Crippen molar-refractivity contribution in [2.75, 3.05) is 24.5 Å². The summed E-state index contributed by atoms with van der Waals surface area (Å²) in [5, 5.41) is 0.552. The zero-order valence-corrected chi connectivity index (χ0v) is 12.6. The Kier molecular flexibility index (Phi) is 3.99. The van der Waals surface area contributed by atoms with Gasteiger partial charge in [0, 0.05) is 30.9 Å². The Labute approximate surface area is 125 Å². The lowest BCUT2D eigenvalue weighted by molar-refractivity contribution is 0.111. The number of carbonyl (C=O) groups is 1. The minimum Gasteiger partial charge on any atom is -0.365 e. The maximum absolute atomic E-state index is 11.4. The summed E-state index contributed by atoms with van der Waals surface area (Å²) < 4.78 is 0. The van der Waals surface area contributed by atoms with E-state index in [4.69, 9.17) is 11.6 Å². The summed E-state index contributed by atoms with van der Waals surface area (Å²) in [6.45, 7) is 5.54. The summed E-state index contributed by atoms with van der Waals surface area (Å²) in [5.74, 6) is 0. The van der Waals surface area contributed by atoms with Crippen LogP contribution in [0.15, 0.2) is 18.2 Å².